The molecule has 0 aromatic carbocycles. The van der Waals surface area contributed by atoms with Crippen LogP contribution in [-0.4, -0.2) is 0 Å². The van der Waals surface area contributed by atoms with E-state index in [0.29, 0.717) is 0 Å². The topological polar surface area (TPSA) is 0 Å². The Morgan fingerprint density at radius 3 is 1.92 bits per heavy atom. The molecule has 3 aliphatic rings. The summed E-state index contributed by atoms with van der Waals surface area (Å²) in [7, 11) is 0. The fourth-order valence-corrected chi connectivity index (χ4v) is 4.93. The summed E-state index contributed by atoms with van der Waals surface area (Å²) in [6.07, 6.45) is 9.25. The summed E-state index contributed by atoms with van der Waals surface area (Å²) in [5.41, 5.74) is 1.55. The molecule has 0 heterocycles. The maximum atomic E-state index is 2.56. The molecule has 4 unspecified atom stereocenters. The predicted octanol–water partition coefficient (Wildman–Crippen LogP) is 3.61. The van der Waals surface area contributed by atoms with E-state index in [2.05, 4.69) is 13.8 Å². The second kappa shape index (κ2) is 1.91. The van der Waals surface area contributed by atoms with E-state index < -0.39 is 0 Å². The Labute approximate surface area is 75.7 Å². The molecule has 68 valence electrons. The highest BCUT2D eigenvalue weighted by Crippen LogP contribution is 2.71. The Balaban J connectivity index is 2.03. The summed E-state index contributed by atoms with van der Waals surface area (Å²) < 4.78 is 0. The summed E-state index contributed by atoms with van der Waals surface area (Å²) >= 11 is 0. The van der Waals surface area contributed by atoms with Crippen LogP contribution in [0, 0.1) is 22.7 Å². The van der Waals surface area contributed by atoms with E-state index in [1.54, 1.807) is 19.3 Å². The van der Waals surface area contributed by atoms with E-state index in [-0.39, 0.29) is 0 Å². The van der Waals surface area contributed by atoms with Gasteiger partial charge in [-0.3, -0.25) is 0 Å². The molecule has 4 atom stereocenters. The van der Waals surface area contributed by atoms with E-state index in [9.17, 15) is 0 Å². The Morgan fingerprint density at radius 2 is 1.42 bits per heavy atom. The van der Waals surface area contributed by atoms with Gasteiger partial charge in [0, 0.05) is 0 Å². The van der Waals surface area contributed by atoms with Crippen LogP contribution < -0.4 is 0 Å². The van der Waals surface area contributed by atoms with Crippen LogP contribution in [0.4, 0.5) is 0 Å². The lowest BCUT2D eigenvalue weighted by atomic mass is 9.69. The first-order chi connectivity index (χ1) is 5.64. The highest BCUT2D eigenvalue weighted by Gasteiger charge is 2.61. The number of hydrogen-bond donors (Lipinski definition) is 0. The van der Waals surface area contributed by atoms with Gasteiger partial charge in [0.05, 0.1) is 0 Å². The van der Waals surface area contributed by atoms with Crippen LogP contribution >= 0.6 is 0 Å². The Hall–Kier alpha value is 0. The lowest BCUT2D eigenvalue weighted by molar-refractivity contribution is 0.137. The largest absolute Gasteiger partial charge is 0.0593 e. The SMILES string of the molecule is CC12CCC(C)(C1)C1CCCC12. The smallest absolute Gasteiger partial charge is 0.0289 e. The van der Waals surface area contributed by atoms with E-state index in [0.717, 1.165) is 22.7 Å². The van der Waals surface area contributed by atoms with Crippen LogP contribution in [0.3, 0.4) is 0 Å². The lowest BCUT2D eigenvalue weighted by Crippen LogP contribution is -2.27. The zero-order chi connectivity index (χ0) is 8.40. The van der Waals surface area contributed by atoms with E-state index in [4.69, 9.17) is 0 Å². The quantitative estimate of drug-likeness (QED) is 0.513. The Morgan fingerprint density at radius 1 is 0.917 bits per heavy atom. The Bertz CT molecular complexity index is 198. The lowest BCUT2D eigenvalue weighted by Gasteiger charge is -2.35. The molecule has 0 saturated heterocycles. The van der Waals surface area contributed by atoms with Crippen molar-refractivity contribution in [2.75, 3.05) is 0 Å². The molecule has 0 aromatic heterocycles. The number of rotatable bonds is 0. The first-order valence-electron chi connectivity index (χ1n) is 5.64. The third-order valence-electron chi connectivity index (χ3n) is 5.38. The summed E-state index contributed by atoms with van der Waals surface area (Å²) in [6, 6.07) is 0. The summed E-state index contributed by atoms with van der Waals surface area (Å²) in [5, 5.41) is 0. The minimum Gasteiger partial charge on any atom is -0.0593 e. The molecular formula is C12H20. The van der Waals surface area contributed by atoms with Crippen molar-refractivity contribution in [1.29, 1.82) is 0 Å². The molecule has 3 rings (SSSR count). The highest BCUT2D eigenvalue weighted by atomic mass is 14.7. The van der Waals surface area contributed by atoms with Crippen molar-refractivity contribution in [3.05, 3.63) is 0 Å². The molecule has 3 saturated carbocycles. The second-order valence-electron chi connectivity index (χ2n) is 6.13. The first kappa shape index (κ1) is 7.41. The van der Waals surface area contributed by atoms with Crippen molar-refractivity contribution in [3.8, 4) is 0 Å². The zero-order valence-corrected chi connectivity index (χ0v) is 8.40. The molecule has 0 radical (unpaired) electrons. The molecule has 3 fully saturated rings. The molecule has 0 nitrogen and oxygen atoms in total. The first-order valence-corrected chi connectivity index (χ1v) is 5.64. The van der Waals surface area contributed by atoms with Crippen molar-refractivity contribution >= 4 is 0 Å². The molecule has 0 spiro atoms. The standard InChI is InChI=1S/C12H20/c1-11-6-7-12(2,8-11)10-5-3-4-9(10)11/h9-10H,3-8H2,1-2H3. The third-order valence-corrected chi connectivity index (χ3v) is 5.38. The van der Waals surface area contributed by atoms with Crippen molar-refractivity contribution < 1.29 is 0 Å². The van der Waals surface area contributed by atoms with Gasteiger partial charge in [-0.2, -0.15) is 0 Å². The molecule has 0 aromatic rings. The van der Waals surface area contributed by atoms with Gasteiger partial charge in [0.2, 0.25) is 0 Å². The van der Waals surface area contributed by atoms with E-state index in [1.165, 1.54) is 19.3 Å². The van der Waals surface area contributed by atoms with E-state index in [1.807, 2.05) is 0 Å². The van der Waals surface area contributed by atoms with Gasteiger partial charge < -0.3 is 0 Å². The molecule has 0 amide bonds. The highest BCUT2D eigenvalue weighted by molar-refractivity contribution is 5.11. The van der Waals surface area contributed by atoms with Crippen molar-refractivity contribution in [1.82, 2.24) is 0 Å². The van der Waals surface area contributed by atoms with Crippen LogP contribution in [0.2, 0.25) is 0 Å². The van der Waals surface area contributed by atoms with Crippen LogP contribution in [0.15, 0.2) is 0 Å². The van der Waals surface area contributed by atoms with Gasteiger partial charge in [0.1, 0.15) is 0 Å². The van der Waals surface area contributed by atoms with Gasteiger partial charge in [-0.25, -0.2) is 0 Å². The average Bonchev–Trinajstić information content (AvgIpc) is 2.58. The molecule has 12 heavy (non-hydrogen) atoms. The maximum absolute atomic E-state index is 2.56. The number of hydrogen-bond acceptors (Lipinski definition) is 0. The third kappa shape index (κ3) is 0.661. The summed E-state index contributed by atoms with van der Waals surface area (Å²) in [5.74, 6) is 2.24. The zero-order valence-electron chi connectivity index (χ0n) is 8.40. The van der Waals surface area contributed by atoms with Crippen LogP contribution in [0.1, 0.15) is 52.4 Å². The van der Waals surface area contributed by atoms with E-state index >= 15 is 0 Å². The summed E-state index contributed by atoms with van der Waals surface area (Å²) in [4.78, 5) is 0. The van der Waals surface area contributed by atoms with Gasteiger partial charge in [-0.05, 0) is 54.8 Å². The van der Waals surface area contributed by atoms with Crippen LogP contribution in [0.5, 0.6) is 0 Å². The second-order valence-corrected chi connectivity index (χ2v) is 6.13. The minimum absolute atomic E-state index is 0.774. The molecule has 0 aliphatic heterocycles. The van der Waals surface area contributed by atoms with Gasteiger partial charge in [0.15, 0.2) is 0 Å². The van der Waals surface area contributed by atoms with Gasteiger partial charge in [-0.1, -0.05) is 20.3 Å². The van der Waals surface area contributed by atoms with Gasteiger partial charge in [-0.15, -0.1) is 0 Å². The average molecular weight is 164 g/mol. The number of fused-ring (bicyclic) bond motifs is 5. The maximum Gasteiger partial charge on any atom is -0.0289 e. The van der Waals surface area contributed by atoms with Gasteiger partial charge >= 0.3 is 0 Å². The van der Waals surface area contributed by atoms with Crippen LogP contribution in [0.25, 0.3) is 0 Å². The minimum atomic E-state index is 0.774. The van der Waals surface area contributed by atoms with Crippen molar-refractivity contribution in [2.45, 2.75) is 52.4 Å². The molecule has 2 bridgehead atoms. The van der Waals surface area contributed by atoms with Crippen molar-refractivity contribution in [2.24, 2.45) is 22.7 Å². The Kier molecular flexibility index (Phi) is 1.18. The normalized spacial score (nSPS) is 62.5. The fourth-order valence-electron chi connectivity index (χ4n) is 4.93. The van der Waals surface area contributed by atoms with Crippen molar-refractivity contribution in [3.63, 3.8) is 0 Å². The molecule has 0 heteroatoms. The summed E-state index contributed by atoms with van der Waals surface area (Å²) in [6.45, 7) is 5.13. The molecule has 3 aliphatic carbocycles. The molecule has 0 N–H and O–H groups in total. The van der Waals surface area contributed by atoms with Gasteiger partial charge in [0.25, 0.3) is 0 Å². The monoisotopic (exact) mass is 164 g/mol. The van der Waals surface area contributed by atoms with Crippen LogP contribution in [-0.2, 0) is 0 Å². The predicted molar refractivity (Wildman–Crippen MR) is 50.9 cm³/mol. The molecular weight excluding hydrogens is 144 g/mol. The fraction of sp³-hybridized carbons (Fsp3) is 1.00.